The highest BCUT2D eigenvalue weighted by molar-refractivity contribution is 5.95. The third kappa shape index (κ3) is 3.34. The number of nitrogens with zero attached hydrogens (tertiary/aromatic N) is 5. The van der Waals surface area contributed by atoms with Crippen molar-refractivity contribution in [3.05, 3.63) is 36.2 Å². The number of tetrazole rings is 1. The van der Waals surface area contributed by atoms with Crippen molar-refractivity contribution in [2.45, 2.75) is 12.5 Å². The lowest BCUT2D eigenvalue weighted by molar-refractivity contribution is -0.139. The maximum absolute atomic E-state index is 12.6. The van der Waals surface area contributed by atoms with Gasteiger partial charge in [0.2, 0.25) is 0 Å². The summed E-state index contributed by atoms with van der Waals surface area (Å²) in [7, 11) is 0. The van der Waals surface area contributed by atoms with E-state index in [1.807, 2.05) is 0 Å². The Bertz CT molecular complexity index is 686. The minimum absolute atomic E-state index is 0.131. The molecule has 0 spiro atoms. The van der Waals surface area contributed by atoms with E-state index in [0.717, 1.165) is 5.69 Å². The van der Waals surface area contributed by atoms with Crippen molar-refractivity contribution in [1.82, 2.24) is 25.1 Å². The highest BCUT2D eigenvalue weighted by Crippen LogP contribution is 2.16. The van der Waals surface area contributed by atoms with Crippen LogP contribution >= 0.6 is 0 Å². The molecular weight excluding hydrogens is 302 g/mol. The van der Waals surface area contributed by atoms with Crippen LogP contribution in [0.2, 0.25) is 0 Å². The van der Waals surface area contributed by atoms with E-state index in [0.29, 0.717) is 18.7 Å². The molecule has 0 aliphatic carbocycles. The molecule has 1 aliphatic rings. The first-order valence-electron chi connectivity index (χ1n) is 7.09. The molecule has 1 saturated heterocycles. The van der Waals surface area contributed by atoms with Crippen LogP contribution < -0.4 is 0 Å². The number of benzene rings is 1. The molecule has 120 valence electrons. The monoisotopic (exact) mass is 317 g/mol. The van der Waals surface area contributed by atoms with Crippen molar-refractivity contribution in [2.75, 3.05) is 19.8 Å². The van der Waals surface area contributed by atoms with Crippen molar-refractivity contribution >= 4 is 11.9 Å². The molecule has 1 unspecified atom stereocenters. The van der Waals surface area contributed by atoms with Crippen LogP contribution in [0.25, 0.3) is 5.69 Å². The lowest BCUT2D eigenvalue weighted by Crippen LogP contribution is -2.49. The Morgan fingerprint density at radius 1 is 1.30 bits per heavy atom. The van der Waals surface area contributed by atoms with Crippen molar-refractivity contribution in [3.8, 4) is 5.69 Å². The van der Waals surface area contributed by atoms with Crippen LogP contribution in [0.1, 0.15) is 16.8 Å². The molecule has 0 radical (unpaired) electrons. The van der Waals surface area contributed by atoms with E-state index in [1.165, 1.54) is 11.0 Å². The maximum atomic E-state index is 12.6. The largest absolute Gasteiger partial charge is 0.481 e. The zero-order chi connectivity index (χ0) is 16.2. The highest BCUT2D eigenvalue weighted by Gasteiger charge is 2.29. The summed E-state index contributed by atoms with van der Waals surface area (Å²) in [6.07, 6.45) is 1.33. The zero-order valence-electron chi connectivity index (χ0n) is 12.2. The number of rotatable bonds is 4. The predicted octanol–water partition coefficient (Wildman–Crippen LogP) is -0.0220. The second-order valence-electron chi connectivity index (χ2n) is 5.13. The van der Waals surface area contributed by atoms with E-state index in [4.69, 9.17) is 9.84 Å². The van der Waals surface area contributed by atoms with Crippen molar-refractivity contribution < 1.29 is 19.4 Å². The second kappa shape index (κ2) is 6.53. The second-order valence-corrected chi connectivity index (χ2v) is 5.13. The number of amides is 1. The molecule has 1 aliphatic heterocycles. The van der Waals surface area contributed by atoms with Gasteiger partial charge < -0.3 is 14.7 Å². The molecule has 0 saturated carbocycles. The van der Waals surface area contributed by atoms with Crippen molar-refractivity contribution in [1.29, 1.82) is 0 Å². The summed E-state index contributed by atoms with van der Waals surface area (Å²) in [5.41, 5.74) is 1.22. The van der Waals surface area contributed by atoms with Gasteiger partial charge in [0.05, 0.1) is 31.4 Å². The first kappa shape index (κ1) is 15.1. The molecule has 1 amide bonds. The molecule has 1 aromatic heterocycles. The van der Waals surface area contributed by atoms with Crippen LogP contribution in [0.5, 0.6) is 0 Å². The van der Waals surface area contributed by atoms with E-state index < -0.39 is 12.0 Å². The summed E-state index contributed by atoms with van der Waals surface area (Å²) in [6, 6.07) is 6.36. The number of hydrogen-bond acceptors (Lipinski definition) is 6. The first-order valence-corrected chi connectivity index (χ1v) is 7.09. The van der Waals surface area contributed by atoms with Crippen molar-refractivity contribution in [2.24, 2.45) is 0 Å². The van der Waals surface area contributed by atoms with E-state index in [2.05, 4.69) is 15.5 Å². The fourth-order valence-electron chi connectivity index (χ4n) is 2.50. The minimum atomic E-state index is -0.952. The number of carbonyl (C=O) groups is 2. The van der Waals surface area contributed by atoms with Crippen LogP contribution in [0.3, 0.4) is 0 Å². The molecule has 1 N–H and O–H groups in total. The van der Waals surface area contributed by atoms with Crippen LogP contribution in [-0.4, -0.2) is 67.9 Å². The summed E-state index contributed by atoms with van der Waals surface area (Å²) in [4.78, 5) is 25.1. The normalized spacial score (nSPS) is 17.9. The van der Waals surface area contributed by atoms with Crippen LogP contribution in [0.4, 0.5) is 0 Å². The molecule has 2 aromatic rings. The standard InChI is InChI=1S/C14H15N5O4/c20-13(21)7-12-8-23-6-5-18(12)14(22)10-1-3-11(4-2-10)19-9-15-16-17-19/h1-4,9,12H,5-8H2,(H,20,21). The Balaban J connectivity index is 1.77. The van der Waals surface area contributed by atoms with Crippen LogP contribution in [0.15, 0.2) is 30.6 Å². The smallest absolute Gasteiger partial charge is 0.305 e. The van der Waals surface area contributed by atoms with E-state index >= 15 is 0 Å². The average molecular weight is 317 g/mol. The Morgan fingerprint density at radius 3 is 2.74 bits per heavy atom. The summed E-state index contributed by atoms with van der Waals surface area (Å²) in [5, 5.41) is 19.8. The average Bonchev–Trinajstić information content (AvgIpc) is 3.09. The SMILES string of the molecule is O=C(O)CC1COCCN1C(=O)c1ccc(-n2cnnn2)cc1. The molecule has 9 heteroatoms. The van der Waals surface area contributed by atoms with Crippen LogP contribution in [-0.2, 0) is 9.53 Å². The predicted molar refractivity (Wildman–Crippen MR) is 77.1 cm³/mol. The maximum Gasteiger partial charge on any atom is 0.305 e. The summed E-state index contributed by atoms with van der Waals surface area (Å²) >= 11 is 0. The number of carboxylic acids is 1. The molecule has 1 atom stereocenters. The first-order chi connectivity index (χ1) is 11.1. The van der Waals surface area contributed by atoms with Crippen molar-refractivity contribution in [3.63, 3.8) is 0 Å². The minimum Gasteiger partial charge on any atom is -0.481 e. The third-order valence-corrected chi connectivity index (χ3v) is 3.63. The van der Waals surface area contributed by atoms with Gasteiger partial charge in [-0.2, -0.15) is 0 Å². The number of carboxylic acid groups (broad SMARTS) is 1. The summed E-state index contributed by atoms with van der Waals surface area (Å²) in [5.74, 6) is -1.16. The highest BCUT2D eigenvalue weighted by atomic mass is 16.5. The van der Waals surface area contributed by atoms with Gasteiger partial charge in [-0.3, -0.25) is 9.59 Å². The lowest BCUT2D eigenvalue weighted by atomic mass is 10.1. The van der Waals surface area contributed by atoms with E-state index in [-0.39, 0.29) is 18.9 Å². The van der Waals surface area contributed by atoms with Gasteiger partial charge in [-0.05, 0) is 34.7 Å². The fourth-order valence-corrected chi connectivity index (χ4v) is 2.50. The molecule has 1 fully saturated rings. The molecule has 9 nitrogen and oxygen atoms in total. The fraction of sp³-hybridized carbons (Fsp3) is 0.357. The Kier molecular flexibility index (Phi) is 4.29. The molecule has 1 aromatic carbocycles. The van der Waals surface area contributed by atoms with Gasteiger partial charge in [0.15, 0.2) is 0 Å². The topological polar surface area (TPSA) is 110 Å². The molecule has 3 rings (SSSR count). The number of aromatic nitrogens is 4. The molecule has 2 heterocycles. The number of ether oxygens (including phenoxy) is 1. The molecular formula is C14H15N5O4. The van der Waals surface area contributed by atoms with Gasteiger partial charge in [0.1, 0.15) is 6.33 Å². The van der Waals surface area contributed by atoms with Gasteiger partial charge in [-0.25, -0.2) is 4.68 Å². The Hall–Kier alpha value is -2.81. The number of carbonyl (C=O) groups excluding carboxylic acids is 1. The number of hydrogen-bond donors (Lipinski definition) is 1. The van der Waals surface area contributed by atoms with Crippen LogP contribution in [0, 0.1) is 0 Å². The molecule has 23 heavy (non-hydrogen) atoms. The quantitative estimate of drug-likeness (QED) is 0.843. The van der Waals surface area contributed by atoms with E-state index in [1.54, 1.807) is 29.2 Å². The number of aliphatic carboxylic acids is 1. The summed E-state index contributed by atoms with van der Waals surface area (Å²) < 4.78 is 6.77. The third-order valence-electron chi connectivity index (χ3n) is 3.63. The Labute approximate surface area is 131 Å². The van der Waals surface area contributed by atoms with Gasteiger partial charge in [0, 0.05) is 12.1 Å². The number of morpholine rings is 1. The van der Waals surface area contributed by atoms with E-state index in [9.17, 15) is 9.59 Å². The zero-order valence-corrected chi connectivity index (χ0v) is 12.2. The van der Waals surface area contributed by atoms with Gasteiger partial charge in [-0.1, -0.05) is 0 Å². The molecule has 0 bridgehead atoms. The lowest BCUT2D eigenvalue weighted by Gasteiger charge is -2.34. The van der Waals surface area contributed by atoms with Gasteiger partial charge in [-0.15, -0.1) is 5.10 Å². The Morgan fingerprint density at radius 2 is 2.09 bits per heavy atom. The summed E-state index contributed by atoms with van der Waals surface area (Å²) in [6.45, 7) is 1.02. The van der Waals surface area contributed by atoms with Gasteiger partial charge in [0.25, 0.3) is 5.91 Å². The van der Waals surface area contributed by atoms with Gasteiger partial charge >= 0.3 is 5.97 Å².